The highest BCUT2D eigenvalue weighted by Crippen LogP contribution is 2.27. The zero-order valence-corrected chi connectivity index (χ0v) is 15.9. The van der Waals surface area contributed by atoms with Crippen LogP contribution in [0, 0.1) is 0 Å². The van der Waals surface area contributed by atoms with Crippen molar-refractivity contribution < 1.29 is 5.11 Å². The molecule has 0 saturated carbocycles. The van der Waals surface area contributed by atoms with E-state index in [1.807, 2.05) is 49.5 Å². The Hall–Kier alpha value is -2.77. The average molecular weight is 380 g/mol. The lowest BCUT2D eigenvalue weighted by molar-refractivity contribution is 0.273. The van der Waals surface area contributed by atoms with E-state index in [-0.39, 0.29) is 23.3 Å². The molecule has 3 heterocycles. The topological polar surface area (TPSA) is 83.8 Å². The Kier molecular flexibility index (Phi) is 4.63. The van der Waals surface area contributed by atoms with Crippen molar-refractivity contribution in [2.24, 2.45) is 0 Å². The number of rotatable bonds is 5. The monoisotopic (exact) mass is 380 g/mol. The second-order valence-corrected chi connectivity index (χ2v) is 7.73. The molecule has 0 radical (unpaired) electrons. The van der Waals surface area contributed by atoms with E-state index >= 15 is 0 Å². The molecule has 2 N–H and O–H groups in total. The van der Waals surface area contributed by atoms with Gasteiger partial charge in [-0.15, -0.1) is 0 Å². The largest absolute Gasteiger partial charge is 0.396 e. The first-order valence-corrected chi connectivity index (χ1v) is 9.62. The Morgan fingerprint density at radius 3 is 2.74 bits per heavy atom. The summed E-state index contributed by atoms with van der Waals surface area (Å²) in [5.74, 6) is 0.905. The van der Waals surface area contributed by atoms with Gasteiger partial charge in [-0.1, -0.05) is 37.3 Å². The highest BCUT2D eigenvalue weighted by molar-refractivity contribution is 7.16. The van der Waals surface area contributed by atoms with Gasteiger partial charge in [0.05, 0.1) is 15.9 Å². The summed E-state index contributed by atoms with van der Waals surface area (Å²) in [7, 11) is 0. The number of aliphatic hydroxyl groups excluding tert-OH is 1. The fourth-order valence-corrected chi connectivity index (χ4v) is 3.81. The maximum Gasteiger partial charge on any atom is 0.305 e. The standard InChI is InChI=1S/C20H20N4O2S/c1-12(11-25)15-4-6-19(21-10-15)24-8-7-16(23-24)13(2)14-3-5-17-18(9-14)27-20(26)22-17/h3-10,12-13,25H,11H2,1-2H3,(H,22,26). The number of nitrogens with zero attached hydrogens (tertiary/aromatic N) is 3. The maximum atomic E-state index is 11.5. The molecule has 7 heteroatoms. The molecule has 2 unspecified atom stereocenters. The van der Waals surface area contributed by atoms with Crippen molar-refractivity contribution in [1.82, 2.24) is 19.7 Å². The van der Waals surface area contributed by atoms with E-state index < -0.39 is 0 Å². The fourth-order valence-electron chi connectivity index (χ4n) is 3.03. The molecule has 0 amide bonds. The molecular weight excluding hydrogens is 360 g/mol. The predicted molar refractivity (Wildman–Crippen MR) is 107 cm³/mol. The number of nitrogens with one attached hydrogen (secondary N) is 1. The SMILES string of the molecule is CC(CO)c1ccc(-n2ccc(C(C)c3ccc4[nH]c(=O)sc4c3)n2)nc1. The molecule has 0 aliphatic carbocycles. The molecule has 0 saturated heterocycles. The second kappa shape index (κ2) is 7.09. The highest BCUT2D eigenvalue weighted by atomic mass is 32.1. The number of fused-ring (bicyclic) bond motifs is 1. The average Bonchev–Trinajstić information content (AvgIpc) is 3.32. The first kappa shape index (κ1) is 17.6. The van der Waals surface area contributed by atoms with Crippen molar-refractivity contribution in [2.45, 2.75) is 25.7 Å². The second-order valence-electron chi connectivity index (χ2n) is 6.71. The smallest absolute Gasteiger partial charge is 0.305 e. The normalized spacial score (nSPS) is 13.7. The minimum Gasteiger partial charge on any atom is -0.396 e. The molecule has 27 heavy (non-hydrogen) atoms. The van der Waals surface area contributed by atoms with Crippen molar-refractivity contribution >= 4 is 21.6 Å². The Balaban J connectivity index is 1.59. The van der Waals surface area contributed by atoms with Crippen molar-refractivity contribution in [2.75, 3.05) is 6.61 Å². The molecule has 1 aromatic carbocycles. The van der Waals surface area contributed by atoms with E-state index in [4.69, 9.17) is 0 Å². The molecule has 0 bridgehead atoms. The van der Waals surface area contributed by atoms with Gasteiger partial charge in [-0.25, -0.2) is 9.67 Å². The van der Waals surface area contributed by atoms with Crippen LogP contribution >= 0.6 is 11.3 Å². The zero-order valence-electron chi connectivity index (χ0n) is 15.1. The molecule has 4 aromatic rings. The van der Waals surface area contributed by atoms with Gasteiger partial charge in [-0.05, 0) is 35.4 Å². The number of pyridine rings is 1. The Morgan fingerprint density at radius 1 is 1.19 bits per heavy atom. The highest BCUT2D eigenvalue weighted by Gasteiger charge is 2.14. The first-order valence-electron chi connectivity index (χ1n) is 8.80. The third-order valence-electron chi connectivity index (χ3n) is 4.85. The number of aromatic amines is 1. The van der Waals surface area contributed by atoms with Crippen LogP contribution in [0.15, 0.2) is 53.6 Å². The van der Waals surface area contributed by atoms with Crippen LogP contribution in [0.3, 0.4) is 0 Å². The molecule has 0 spiro atoms. The predicted octanol–water partition coefficient (Wildman–Crippen LogP) is 3.42. The van der Waals surface area contributed by atoms with Crippen LogP contribution in [0.25, 0.3) is 16.0 Å². The summed E-state index contributed by atoms with van der Waals surface area (Å²) in [4.78, 5) is 18.8. The van der Waals surface area contributed by atoms with Gasteiger partial charge in [0.1, 0.15) is 0 Å². The molecule has 6 nitrogen and oxygen atoms in total. The molecule has 4 rings (SSSR count). The number of aromatic nitrogens is 4. The van der Waals surface area contributed by atoms with E-state index in [0.29, 0.717) is 0 Å². The lowest BCUT2D eigenvalue weighted by Crippen LogP contribution is -2.04. The molecule has 0 aliphatic rings. The van der Waals surface area contributed by atoms with Crippen LogP contribution in [0.4, 0.5) is 0 Å². The third kappa shape index (κ3) is 3.43. The lowest BCUT2D eigenvalue weighted by Gasteiger charge is -2.10. The number of hydrogen-bond acceptors (Lipinski definition) is 5. The van der Waals surface area contributed by atoms with Crippen LogP contribution in [0.5, 0.6) is 0 Å². The van der Waals surface area contributed by atoms with Crippen molar-refractivity contribution in [3.05, 3.63) is 75.3 Å². The van der Waals surface area contributed by atoms with Gasteiger partial charge >= 0.3 is 4.87 Å². The molecule has 138 valence electrons. The summed E-state index contributed by atoms with van der Waals surface area (Å²) in [6, 6.07) is 11.9. The van der Waals surface area contributed by atoms with Gasteiger partial charge in [0, 0.05) is 30.8 Å². The summed E-state index contributed by atoms with van der Waals surface area (Å²) in [6.07, 6.45) is 3.68. The number of H-pyrrole nitrogens is 1. The quantitative estimate of drug-likeness (QED) is 0.556. The third-order valence-corrected chi connectivity index (χ3v) is 5.69. The minimum atomic E-state index is -0.0379. The molecular formula is C20H20N4O2S. The summed E-state index contributed by atoms with van der Waals surface area (Å²) in [5, 5.41) is 13.9. The van der Waals surface area contributed by atoms with E-state index in [1.165, 1.54) is 11.3 Å². The molecule has 2 atom stereocenters. The van der Waals surface area contributed by atoms with Crippen molar-refractivity contribution in [3.8, 4) is 5.82 Å². The van der Waals surface area contributed by atoms with Crippen molar-refractivity contribution in [1.29, 1.82) is 0 Å². The lowest BCUT2D eigenvalue weighted by atomic mass is 9.98. The van der Waals surface area contributed by atoms with Crippen LogP contribution in [-0.4, -0.2) is 31.5 Å². The first-order chi connectivity index (χ1) is 13.0. The van der Waals surface area contributed by atoms with E-state index in [0.717, 1.165) is 32.9 Å². The summed E-state index contributed by atoms with van der Waals surface area (Å²) in [6.45, 7) is 4.16. The maximum absolute atomic E-state index is 11.5. The molecule has 3 aromatic heterocycles. The van der Waals surface area contributed by atoms with Gasteiger partial charge in [0.25, 0.3) is 0 Å². The Morgan fingerprint density at radius 2 is 2.00 bits per heavy atom. The van der Waals surface area contributed by atoms with Crippen molar-refractivity contribution in [3.63, 3.8) is 0 Å². The minimum absolute atomic E-state index is 0.0379. The Labute approximate surface area is 160 Å². The molecule has 0 aliphatic heterocycles. The van der Waals surface area contributed by atoms with Gasteiger partial charge in [-0.3, -0.25) is 4.79 Å². The number of aliphatic hydroxyl groups is 1. The summed E-state index contributed by atoms with van der Waals surface area (Å²) in [5.41, 5.74) is 3.92. The van der Waals surface area contributed by atoms with E-state index in [1.54, 1.807) is 10.9 Å². The van der Waals surface area contributed by atoms with E-state index in [9.17, 15) is 9.90 Å². The number of hydrogen-bond donors (Lipinski definition) is 2. The number of thiazole rings is 1. The zero-order chi connectivity index (χ0) is 19.0. The summed E-state index contributed by atoms with van der Waals surface area (Å²) >= 11 is 1.22. The summed E-state index contributed by atoms with van der Waals surface area (Å²) < 4.78 is 2.71. The van der Waals surface area contributed by atoms with Crippen LogP contribution in [0.1, 0.15) is 42.5 Å². The Bertz CT molecular complexity index is 1130. The van der Waals surface area contributed by atoms with E-state index in [2.05, 4.69) is 22.0 Å². The van der Waals surface area contributed by atoms with Gasteiger partial charge in [0.15, 0.2) is 5.82 Å². The van der Waals surface area contributed by atoms with Gasteiger partial charge < -0.3 is 10.1 Å². The molecule has 0 fully saturated rings. The van der Waals surface area contributed by atoms with Gasteiger partial charge in [-0.2, -0.15) is 5.10 Å². The fraction of sp³-hybridized carbons (Fsp3) is 0.250. The number of benzene rings is 1. The van der Waals surface area contributed by atoms with Crippen LogP contribution in [-0.2, 0) is 0 Å². The van der Waals surface area contributed by atoms with Gasteiger partial charge in [0.2, 0.25) is 0 Å². The van der Waals surface area contributed by atoms with Crippen LogP contribution < -0.4 is 4.87 Å². The van der Waals surface area contributed by atoms with Crippen LogP contribution in [0.2, 0.25) is 0 Å².